The van der Waals surface area contributed by atoms with Gasteiger partial charge in [-0.05, 0) is 48.5 Å². The molecule has 0 saturated heterocycles. The first kappa shape index (κ1) is 20.3. The average Bonchev–Trinajstić information content (AvgIpc) is 2.65. The Balaban J connectivity index is 1.72. The molecule has 2 N–H and O–H groups in total. The third-order valence-corrected chi connectivity index (χ3v) is 3.78. The van der Waals surface area contributed by atoms with E-state index in [2.05, 4.69) is 10.6 Å². The van der Waals surface area contributed by atoms with Crippen molar-refractivity contribution < 1.29 is 19.1 Å². The average molecular weight is 390 g/mol. The first-order valence-electron chi connectivity index (χ1n) is 8.12. The van der Waals surface area contributed by atoms with Crippen LogP contribution in [0.1, 0.15) is 10.4 Å². The van der Waals surface area contributed by atoms with Crippen molar-refractivity contribution in [3.05, 3.63) is 59.1 Å². The van der Waals surface area contributed by atoms with E-state index in [0.717, 1.165) is 5.69 Å². The molecule has 0 saturated carbocycles. The highest BCUT2D eigenvalue weighted by Crippen LogP contribution is 2.15. The second-order valence-electron chi connectivity index (χ2n) is 5.84. The SMILES string of the molecule is CN(C)c1ccc(NC(=O)COC(=O)CNC(=O)c2ccc(Cl)cc2)cc1. The fourth-order valence-corrected chi connectivity index (χ4v) is 2.22. The monoisotopic (exact) mass is 389 g/mol. The molecule has 0 heterocycles. The molecule has 2 rings (SSSR count). The summed E-state index contributed by atoms with van der Waals surface area (Å²) in [6, 6.07) is 13.4. The predicted molar refractivity (Wildman–Crippen MR) is 104 cm³/mol. The molecule has 0 aromatic heterocycles. The van der Waals surface area contributed by atoms with Gasteiger partial charge >= 0.3 is 5.97 Å². The van der Waals surface area contributed by atoms with E-state index in [1.54, 1.807) is 24.3 Å². The van der Waals surface area contributed by atoms with E-state index in [1.165, 1.54) is 12.1 Å². The van der Waals surface area contributed by atoms with Gasteiger partial charge in [0.05, 0.1) is 0 Å². The molecule has 0 bridgehead atoms. The van der Waals surface area contributed by atoms with E-state index in [4.69, 9.17) is 16.3 Å². The summed E-state index contributed by atoms with van der Waals surface area (Å²) in [5, 5.41) is 5.55. The van der Waals surface area contributed by atoms with Crippen LogP contribution in [0.25, 0.3) is 0 Å². The van der Waals surface area contributed by atoms with Crippen molar-refractivity contribution in [2.24, 2.45) is 0 Å². The van der Waals surface area contributed by atoms with Crippen LogP contribution in [0.2, 0.25) is 5.02 Å². The highest BCUT2D eigenvalue weighted by molar-refractivity contribution is 6.30. The normalized spacial score (nSPS) is 10.0. The van der Waals surface area contributed by atoms with Crippen LogP contribution < -0.4 is 15.5 Å². The van der Waals surface area contributed by atoms with E-state index < -0.39 is 24.4 Å². The van der Waals surface area contributed by atoms with Gasteiger partial charge in [-0.1, -0.05) is 11.6 Å². The Kier molecular flexibility index (Phi) is 7.19. The minimum Gasteiger partial charge on any atom is -0.454 e. The van der Waals surface area contributed by atoms with Crippen molar-refractivity contribution >= 4 is 40.8 Å². The summed E-state index contributed by atoms with van der Waals surface area (Å²) in [6.45, 7) is -0.780. The smallest absolute Gasteiger partial charge is 0.325 e. The van der Waals surface area contributed by atoms with Gasteiger partial charge in [0.2, 0.25) is 0 Å². The maximum atomic E-state index is 11.9. The van der Waals surface area contributed by atoms with Crippen molar-refractivity contribution in [1.82, 2.24) is 5.32 Å². The first-order chi connectivity index (χ1) is 12.8. The number of nitrogens with one attached hydrogen (secondary N) is 2. The Morgan fingerprint density at radius 3 is 2.22 bits per heavy atom. The van der Waals surface area contributed by atoms with Crippen LogP contribution in [-0.4, -0.2) is 45.0 Å². The second-order valence-corrected chi connectivity index (χ2v) is 6.28. The number of anilines is 2. The van der Waals surface area contributed by atoms with Crippen LogP contribution in [0.3, 0.4) is 0 Å². The van der Waals surface area contributed by atoms with Gasteiger partial charge < -0.3 is 20.3 Å². The van der Waals surface area contributed by atoms with Gasteiger partial charge in [0, 0.05) is 36.1 Å². The number of hydrogen-bond acceptors (Lipinski definition) is 5. The van der Waals surface area contributed by atoms with E-state index in [-0.39, 0.29) is 6.54 Å². The quantitative estimate of drug-likeness (QED) is 0.709. The lowest BCUT2D eigenvalue weighted by Crippen LogP contribution is -2.32. The molecule has 0 aliphatic carbocycles. The molecule has 0 spiro atoms. The first-order valence-corrected chi connectivity index (χ1v) is 8.49. The van der Waals surface area contributed by atoms with Crippen LogP contribution in [0, 0.1) is 0 Å². The topological polar surface area (TPSA) is 87.7 Å². The molecule has 0 fully saturated rings. The van der Waals surface area contributed by atoms with Crippen LogP contribution in [0.4, 0.5) is 11.4 Å². The molecule has 0 atom stereocenters. The summed E-state index contributed by atoms with van der Waals surface area (Å²) in [5.41, 5.74) is 1.96. The number of nitrogens with zero attached hydrogens (tertiary/aromatic N) is 1. The number of rotatable bonds is 7. The van der Waals surface area contributed by atoms with Crippen LogP contribution in [-0.2, 0) is 14.3 Å². The molecule has 0 aliphatic rings. The van der Waals surface area contributed by atoms with Gasteiger partial charge in [-0.2, -0.15) is 0 Å². The molecule has 0 unspecified atom stereocenters. The highest BCUT2D eigenvalue weighted by Gasteiger charge is 2.11. The minimum atomic E-state index is -0.713. The number of halogens is 1. The van der Waals surface area contributed by atoms with Crippen molar-refractivity contribution in [2.75, 3.05) is 37.5 Å². The summed E-state index contributed by atoms with van der Waals surface area (Å²) in [4.78, 5) is 37.3. The van der Waals surface area contributed by atoms with E-state index in [0.29, 0.717) is 16.3 Å². The molecular weight excluding hydrogens is 370 g/mol. The van der Waals surface area contributed by atoms with E-state index >= 15 is 0 Å². The van der Waals surface area contributed by atoms with Crippen LogP contribution in [0.5, 0.6) is 0 Å². The summed E-state index contributed by atoms with van der Waals surface area (Å²) in [6.07, 6.45) is 0. The molecule has 2 aromatic carbocycles. The third-order valence-electron chi connectivity index (χ3n) is 3.53. The van der Waals surface area contributed by atoms with E-state index in [9.17, 15) is 14.4 Å². The van der Waals surface area contributed by atoms with Crippen LogP contribution >= 0.6 is 11.6 Å². The molecule has 142 valence electrons. The number of carbonyl (C=O) groups is 3. The molecule has 2 amide bonds. The standard InChI is InChI=1S/C19H20ClN3O4/c1-23(2)16-9-7-15(8-10-16)22-17(24)12-27-18(25)11-21-19(26)13-3-5-14(20)6-4-13/h3-10H,11-12H2,1-2H3,(H,21,26)(H,22,24). The van der Waals surface area contributed by atoms with Crippen molar-refractivity contribution in [2.45, 2.75) is 0 Å². The fourth-order valence-electron chi connectivity index (χ4n) is 2.09. The van der Waals surface area contributed by atoms with Gasteiger partial charge in [-0.3, -0.25) is 14.4 Å². The Labute approximate surface area is 162 Å². The highest BCUT2D eigenvalue weighted by atomic mass is 35.5. The Hall–Kier alpha value is -3.06. The molecule has 8 heteroatoms. The zero-order valence-electron chi connectivity index (χ0n) is 15.0. The van der Waals surface area contributed by atoms with E-state index in [1.807, 2.05) is 31.1 Å². The lowest BCUT2D eigenvalue weighted by molar-refractivity contribution is -0.146. The lowest BCUT2D eigenvalue weighted by atomic mass is 10.2. The van der Waals surface area contributed by atoms with Gasteiger partial charge in [0.15, 0.2) is 6.61 Å². The van der Waals surface area contributed by atoms with Gasteiger partial charge in [-0.15, -0.1) is 0 Å². The minimum absolute atomic E-state index is 0.341. The number of amides is 2. The Morgan fingerprint density at radius 1 is 1.00 bits per heavy atom. The molecular formula is C19H20ClN3O4. The summed E-state index contributed by atoms with van der Waals surface area (Å²) < 4.78 is 4.85. The van der Waals surface area contributed by atoms with Crippen molar-refractivity contribution in [1.29, 1.82) is 0 Å². The maximum Gasteiger partial charge on any atom is 0.325 e. The van der Waals surface area contributed by atoms with Gasteiger partial charge in [-0.25, -0.2) is 0 Å². The number of benzene rings is 2. The van der Waals surface area contributed by atoms with Gasteiger partial charge in [0.25, 0.3) is 11.8 Å². The Bertz CT molecular complexity index is 805. The molecule has 0 radical (unpaired) electrons. The van der Waals surface area contributed by atoms with Gasteiger partial charge in [0.1, 0.15) is 6.54 Å². The number of hydrogen-bond donors (Lipinski definition) is 2. The number of ether oxygens (including phenoxy) is 1. The molecule has 7 nitrogen and oxygen atoms in total. The Morgan fingerprint density at radius 2 is 1.63 bits per heavy atom. The second kappa shape index (κ2) is 9.59. The third kappa shape index (κ3) is 6.63. The zero-order chi connectivity index (χ0) is 19.8. The largest absolute Gasteiger partial charge is 0.454 e. The van der Waals surface area contributed by atoms with Crippen molar-refractivity contribution in [3.8, 4) is 0 Å². The number of carbonyl (C=O) groups excluding carboxylic acids is 3. The van der Waals surface area contributed by atoms with Crippen LogP contribution in [0.15, 0.2) is 48.5 Å². The summed E-state index contributed by atoms with van der Waals surface area (Å²) >= 11 is 5.75. The zero-order valence-corrected chi connectivity index (χ0v) is 15.7. The molecule has 27 heavy (non-hydrogen) atoms. The predicted octanol–water partition coefficient (Wildman–Crippen LogP) is 2.32. The fraction of sp³-hybridized carbons (Fsp3) is 0.211. The summed E-state index contributed by atoms with van der Waals surface area (Å²) in [7, 11) is 3.83. The summed E-state index contributed by atoms with van der Waals surface area (Å²) in [5.74, 6) is -1.62. The molecule has 0 aliphatic heterocycles. The maximum absolute atomic E-state index is 11.9. The number of esters is 1. The molecule has 2 aromatic rings. The lowest BCUT2D eigenvalue weighted by Gasteiger charge is -2.13. The van der Waals surface area contributed by atoms with Crippen molar-refractivity contribution in [3.63, 3.8) is 0 Å².